The lowest BCUT2D eigenvalue weighted by Gasteiger charge is -2.23. The first-order chi connectivity index (χ1) is 17.5. The highest BCUT2D eigenvalue weighted by Crippen LogP contribution is 2.15. The smallest absolute Gasteiger partial charge is 0.408 e. The summed E-state index contributed by atoms with van der Waals surface area (Å²) in [4.78, 5) is 48.6. The van der Waals surface area contributed by atoms with Gasteiger partial charge in [-0.1, -0.05) is 56.3 Å². The molecule has 9 heteroatoms. The minimum absolute atomic E-state index is 0.0769. The molecule has 2 amide bonds. The Morgan fingerprint density at radius 1 is 0.919 bits per heavy atom. The van der Waals surface area contributed by atoms with Crippen molar-refractivity contribution in [1.82, 2.24) is 10.6 Å². The first kappa shape index (κ1) is 29.4. The van der Waals surface area contributed by atoms with Crippen LogP contribution in [0.5, 0.6) is 5.75 Å². The molecule has 0 saturated heterocycles. The van der Waals surface area contributed by atoms with E-state index >= 15 is 0 Å². The average Bonchev–Trinajstić information content (AvgIpc) is 2.84. The fourth-order valence-corrected chi connectivity index (χ4v) is 3.32. The predicted octanol–water partition coefficient (Wildman–Crippen LogP) is 3.58. The Hall–Kier alpha value is -3.88. The molecule has 2 rings (SSSR count). The molecule has 0 heterocycles. The number of ether oxygens (including phenoxy) is 3. The van der Waals surface area contributed by atoms with Crippen molar-refractivity contribution in [2.45, 2.75) is 65.3 Å². The number of alkyl carbamates (subject to hydrolysis) is 1. The number of hydrogen-bond donors (Lipinski definition) is 2. The van der Waals surface area contributed by atoms with Gasteiger partial charge in [-0.25, -0.2) is 9.59 Å². The second kappa shape index (κ2) is 14.0. The van der Waals surface area contributed by atoms with E-state index in [0.29, 0.717) is 12.0 Å². The first-order valence-electron chi connectivity index (χ1n) is 12.1. The molecule has 0 saturated carbocycles. The number of rotatable bonds is 12. The van der Waals surface area contributed by atoms with Crippen LogP contribution in [-0.4, -0.2) is 48.5 Å². The molecule has 2 atom stereocenters. The van der Waals surface area contributed by atoms with E-state index in [1.807, 2.05) is 30.3 Å². The van der Waals surface area contributed by atoms with Crippen LogP contribution in [-0.2, 0) is 36.9 Å². The molecule has 200 valence electrons. The van der Waals surface area contributed by atoms with Crippen LogP contribution >= 0.6 is 0 Å². The topological polar surface area (TPSA) is 120 Å². The summed E-state index contributed by atoms with van der Waals surface area (Å²) in [6, 6.07) is 14.3. The van der Waals surface area contributed by atoms with E-state index in [1.165, 1.54) is 0 Å². The van der Waals surface area contributed by atoms with Gasteiger partial charge in [0.15, 0.2) is 6.61 Å². The SMILES string of the molecule is CC(C)[C@H](NC(=O)OCc1ccccc1)C(=O)NC(C=O)Cc1ccc(OCC(=O)OC(C)(C)C)cc1. The highest BCUT2D eigenvalue weighted by molar-refractivity contribution is 5.87. The van der Waals surface area contributed by atoms with E-state index < -0.39 is 35.7 Å². The van der Waals surface area contributed by atoms with Crippen LogP contribution in [0.15, 0.2) is 54.6 Å². The summed E-state index contributed by atoms with van der Waals surface area (Å²) in [5, 5.41) is 5.26. The van der Waals surface area contributed by atoms with Crippen molar-refractivity contribution < 1.29 is 33.4 Å². The highest BCUT2D eigenvalue weighted by Gasteiger charge is 2.27. The molecule has 0 spiro atoms. The average molecular weight is 513 g/mol. The molecule has 0 bridgehead atoms. The summed E-state index contributed by atoms with van der Waals surface area (Å²) in [5.41, 5.74) is 1.01. The molecule has 0 aliphatic heterocycles. The molecule has 0 fully saturated rings. The molecule has 2 aromatic rings. The maximum atomic E-state index is 12.9. The zero-order valence-electron chi connectivity index (χ0n) is 22.0. The van der Waals surface area contributed by atoms with Crippen molar-refractivity contribution in [1.29, 1.82) is 0 Å². The zero-order valence-corrected chi connectivity index (χ0v) is 22.0. The van der Waals surface area contributed by atoms with Gasteiger partial charge in [0.05, 0.1) is 6.04 Å². The maximum absolute atomic E-state index is 12.9. The van der Waals surface area contributed by atoms with Crippen LogP contribution in [0.4, 0.5) is 4.79 Å². The molecule has 0 aliphatic carbocycles. The number of nitrogens with one attached hydrogen (secondary N) is 2. The summed E-state index contributed by atoms with van der Waals surface area (Å²) in [6.45, 7) is 8.76. The van der Waals surface area contributed by atoms with Gasteiger partial charge in [-0.2, -0.15) is 0 Å². The van der Waals surface area contributed by atoms with Gasteiger partial charge in [0.2, 0.25) is 5.91 Å². The van der Waals surface area contributed by atoms with Gasteiger partial charge in [0.1, 0.15) is 30.3 Å². The number of esters is 1. The summed E-state index contributed by atoms with van der Waals surface area (Å²) >= 11 is 0. The van der Waals surface area contributed by atoms with Crippen molar-refractivity contribution in [3.63, 3.8) is 0 Å². The first-order valence-corrected chi connectivity index (χ1v) is 12.1. The van der Waals surface area contributed by atoms with Crippen molar-refractivity contribution >= 4 is 24.3 Å². The molecule has 2 N–H and O–H groups in total. The second-order valence-corrected chi connectivity index (χ2v) is 9.90. The third-order valence-electron chi connectivity index (χ3n) is 5.08. The lowest BCUT2D eigenvalue weighted by Crippen LogP contribution is -2.52. The molecule has 37 heavy (non-hydrogen) atoms. The van der Waals surface area contributed by atoms with Crippen molar-refractivity contribution in [2.75, 3.05) is 6.61 Å². The third-order valence-corrected chi connectivity index (χ3v) is 5.08. The van der Waals surface area contributed by atoms with Gasteiger partial charge < -0.3 is 29.6 Å². The lowest BCUT2D eigenvalue weighted by molar-refractivity contribution is -0.157. The largest absolute Gasteiger partial charge is 0.482 e. The summed E-state index contributed by atoms with van der Waals surface area (Å²) in [5.74, 6) is -0.726. The molecule has 0 aliphatic rings. The quantitative estimate of drug-likeness (QED) is 0.329. The molecule has 2 aromatic carbocycles. The van der Waals surface area contributed by atoms with Gasteiger partial charge in [0, 0.05) is 0 Å². The van der Waals surface area contributed by atoms with E-state index in [-0.39, 0.29) is 25.6 Å². The van der Waals surface area contributed by atoms with E-state index in [0.717, 1.165) is 11.1 Å². The Balaban J connectivity index is 1.87. The van der Waals surface area contributed by atoms with Gasteiger partial charge in [-0.05, 0) is 56.4 Å². The number of hydrogen-bond acceptors (Lipinski definition) is 7. The number of benzene rings is 2. The summed E-state index contributed by atoms with van der Waals surface area (Å²) < 4.78 is 15.9. The standard InChI is InChI=1S/C28H36N2O7/c1-19(2)25(30-27(34)36-17-21-9-7-6-8-10-21)26(33)29-22(16-31)15-20-11-13-23(14-12-20)35-18-24(32)37-28(3,4)5/h6-14,16,19,22,25H,15,17-18H2,1-5H3,(H,29,33)(H,30,34)/t22?,25-/m0/s1. The van der Waals surface area contributed by atoms with Gasteiger partial charge in [0.25, 0.3) is 0 Å². The van der Waals surface area contributed by atoms with Gasteiger partial charge >= 0.3 is 12.1 Å². The molecule has 0 radical (unpaired) electrons. The van der Waals surface area contributed by atoms with E-state index in [9.17, 15) is 19.2 Å². The van der Waals surface area contributed by atoms with Crippen LogP contribution in [0, 0.1) is 5.92 Å². The third kappa shape index (κ3) is 11.2. The van der Waals surface area contributed by atoms with Crippen LogP contribution in [0.2, 0.25) is 0 Å². The van der Waals surface area contributed by atoms with Gasteiger partial charge in [-0.3, -0.25) is 4.79 Å². The van der Waals surface area contributed by atoms with E-state index in [1.54, 1.807) is 58.9 Å². The van der Waals surface area contributed by atoms with Crippen molar-refractivity contribution in [3.8, 4) is 5.75 Å². The fourth-order valence-electron chi connectivity index (χ4n) is 3.32. The number of carbonyl (C=O) groups is 4. The highest BCUT2D eigenvalue weighted by atomic mass is 16.6. The Bertz CT molecular complexity index is 1030. The molecular formula is C28H36N2O7. The fraction of sp³-hybridized carbons (Fsp3) is 0.429. The second-order valence-electron chi connectivity index (χ2n) is 9.90. The number of aldehydes is 1. The van der Waals surface area contributed by atoms with Crippen molar-refractivity contribution in [2.24, 2.45) is 5.92 Å². The minimum atomic E-state index is -0.880. The molecule has 0 aromatic heterocycles. The molecule has 1 unspecified atom stereocenters. The summed E-state index contributed by atoms with van der Waals surface area (Å²) in [6.07, 6.45) is 0.170. The van der Waals surface area contributed by atoms with Crippen LogP contribution < -0.4 is 15.4 Å². The summed E-state index contributed by atoms with van der Waals surface area (Å²) in [7, 11) is 0. The molecule has 9 nitrogen and oxygen atoms in total. The Morgan fingerprint density at radius 3 is 2.14 bits per heavy atom. The lowest BCUT2D eigenvalue weighted by atomic mass is 10.0. The Kier molecular flexibility index (Phi) is 11.1. The Morgan fingerprint density at radius 2 is 1.57 bits per heavy atom. The maximum Gasteiger partial charge on any atom is 0.408 e. The van der Waals surface area contributed by atoms with Crippen LogP contribution in [0.25, 0.3) is 0 Å². The van der Waals surface area contributed by atoms with Crippen molar-refractivity contribution in [3.05, 3.63) is 65.7 Å². The van der Waals surface area contributed by atoms with Crippen LogP contribution in [0.3, 0.4) is 0 Å². The monoisotopic (exact) mass is 512 g/mol. The van der Waals surface area contributed by atoms with E-state index in [2.05, 4.69) is 10.6 Å². The minimum Gasteiger partial charge on any atom is -0.482 e. The number of amides is 2. The van der Waals surface area contributed by atoms with Gasteiger partial charge in [-0.15, -0.1) is 0 Å². The normalized spacial score (nSPS) is 12.7. The van der Waals surface area contributed by atoms with Crippen LogP contribution in [0.1, 0.15) is 45.7 Å². The number of carbonyl (C=O) groups excluding carboxylic acids is 4. The Labute approximate surface area is 217 Å². The molecular weight excluding hydrogens is 476 g/mol. The predicted molar refractivity (Wildman–Crippen MR) is 138 cm³/mol. The van der Waals surface area contributed by atoms with E-state index in [4.69, 9.17) is 14.2 Å². The zero-order chi connectivity index (χ0) is 27.4.